The molecule has 1 aromatic rings. The number of aromatic nitrogens is 2. The van der Waals surface area contributed by atoms with Crippen LogP contribution in [0.2, 0.25) is 5.02 Å². The van der Waals surface area contributed by atoms with Crippen LogP contribution in [0.4, 0.5) is 3.89 Å². The smallest absolute Gasteiger partial charge is 0.188 e. The highest BCUT2D eigenvalue weighted by Gasteiger charge is 2.18. The first-order chi connectivity index (χ1) is 5.02. The van der Waals surface area contributed by atoms with E-state index in [1.165, 1.54) is 0 Å². The van der Waals surface area contributed by atoms with Crippen LogP contribution >= 0.6 is 11.6 Å². The molecule has 0 N–H and O–H groups in total. The second-order valence-corrected chi connectivity index (χ2v) is 3.29. The summed E-state index contributed by atoms with van der Waals surface area (Å²) in [7, 11) is -4.84. The van der Waals surface area contributed by atoms with Gasteiger partial charge >= 0.3 is 10.2 Å². The number of rotatable bonds is 1. The molecule has 0 aliphatic rings. The lowest BCUT2D eigenvalue weighted by molar-refractivity contribution is 0.545. The average Bonchev–Trinajstić information content (AvgIpc) is 1.86. The first-order valence-electron chi connectivity index (χ1n) is 2.43. The minimum Gasteiger partial charge on any atom is -0.188 e. The summed E-state index contributed by atoms with van der Waals surface area (Å²) in [6.07, 6.45) is 1.16. The molecular weight excluding hydrogens is 195 g/mol. The van der Waals surface area contributed by atoms with Gasteiger partial charge < -0.3 is 0 Å². The molecule has 0 bridgehead atoms. The zero-order valence-corrected chi connectivity index (χ0v) is 6.60. The lowest BCUT2D eigenvalue weighted by Crippen LogP contribution is -1.98. The Morgan fingerprint density at radius 1 is 1.55 bits per heavy atom. The summed E-state index contributed by atoms with van der Waals surface area (Å²) >= 11 is 5.29. The van der Waals surface area contributed by atoms with Crippen LogP contribution in [0.5, 0.6) is 0 Å². The zero-order valence-electron chi connectivity index (χ0n) is 5.03. The predicted molar refractivity (Wildman–Crippen MR) is 35.3 cm³/mol. The number of nitrogens with zero attached hydrogens (tertiary/aromatic N) is 2. The van der Waals surface area contributed by atoms with E-state index in [9.17, 15) is 12.3 Å². The van der Waals surface area contributed by atoms with Crippen molar-refractivity contribution in [2.45, 2.75) is 5.03 Å². The minimum atomic E-state index is -4.84. The summed E-state index contributed by atoms with van der Waals surface area (Å²) in [5, 5.41) is 5.04. The first-order valence-corrected chi connectivity index (χ1v) is 4.20. The molecule has 0 amide bonds. The monoisotopic (exact) mass is 196 g/mol. The largest absolute Gasteiger partial charge is 0.353 e. The quantitative estimate of drug-likeness (QED) is 0.623. The van der Waals surface area contributed by atoms with Gasteiger partial charge in [-0.25, -0.2) is 0 Å². The highest BCUT2D eigenvalue weighted by Crippen LogP contribution is 2.18. The van der Waals surface area contributed by atoms with Crippen LogP contribution in [0.3, 0.4) is 0 Å². The van der Waals surface area contributed by atoms with Crippen LogP contribution in [-0.4, -0.2) is 18.6 Å². The Balaban J connectivity index is 3.37. The van der Waals surface area contributed by atoms with Crippen LogP contribution in [0.1, 0.15) is 0 Å². The van der Waals surface area contributed by atoms with Crippen molar-refractivity contribution in [2.24, 2.45) is 0 Å². The number of halogens is 2. The third kappa shape index (κ3) is 1.84. The van der Waals surface area contributed by atoms with Crippen molar-refractivity contribution >= 4 is 21.8 Å². The molecule has 1 aromatic heterocycles. The first kappa shape index (κ1) is 8.35. The number of hydrogen-bond donors (Lipinski definition) is 0. The Morgan fingerprint density at radius 2 is 2.18 bits per heavy atom. The normalized spacial score (nSPS) is 11.5. The van der Waals surface area contributed by atoms with Crippen LogP contribution in [0.15, 0.2) is 17.3 Å². The van der Waals surface area contributed by atoms with Crippen molar-refractivity contribution in [1.29, 1.82) is 0 Å². The summed E-state index contributed by atoms with van der Waals surface area (Å²) in [6, 6.07) is 1.14. The fourth-order valence-electron chi connectivity index (χ4n) is 0.469. The Hall–Kier alpha value is -0.750. The van der Waals surface area contributed by atoms with Crippen molar-refractivity contribution < 1.29 is 12.3 Å². The predicted octanol–water partition coefficient (Wildman–Crippen LogP) is 0.788. The van der Waals surface area contributed by atoms with Crippen molar-refractivity contribution in [3.8, 4) is 0 Å². The molecule has 0 aromatic carbocycles. The maximum absolute atomic E-state index is 12.2. The van der Waals surface area contributed by atoms with E-state index >= 15 is 0 Å². The molecule has 0 aliphatic heterocycles. The van der Waals surface area contributed by atoms with E-state index in [0.717, 1.165) is 12.3 Å². The van der Waals surface area contributed by atoms with Crippen molar-refractivity contribution in [3.63, 3.8) is 0 Å². The van der Waals surface area contributed by atoms with Gasteiger partial charge in [-0.05, 0) is 6.07 Å². The second kappa shape index (κ2) is 2.71. The van der Waals surface area contributed by atoms with Gasteiger partial charge in [0.25, 0.3) is 0 Å². The Labute approximate surface area is 67.2 Å². The molecule has 1 rings (SSSR count). The van der Waals surface area contributed by atoms with Gasteiger partial charge in [0.05, 0.1) is 11.2 Å². The Bertz CT molecular complexity index is 366. The van der Waals surface area contributed by atoms with E-state index in [0.29, 0.717) is 0 Å². The summed E-state index contributed by atoms with van der Waals surface area (Å²) in [4.78, 5) is 0. The molecule has 0 saturated carbocycles. The van der Waals surface area contributed by atoms with Crippen molar-refractivity contribution in [2.75, 3.05) is 0 Å². The lowest BCUT2D eigenvalue weighted by Gasteiger charge is -1.92. The van der Waals surface area contributed by atoms with Crippen LogP contribution < -0.4 is 0 Å². The third-order valence-electron chi connectivity index (χ3n) is 0.871. The highest BCUT2D eigenvalue weighted by molar-refractivity contribution is 7.86. The molecule has 0 atom stereocenters. The molecule has 11 heavy (non-hydrogen) atoms. The molecule has 60 valence electrons. The summed E-state index contributed by atoms with van der Waals surface area (Å²) < 4.78 is 32.6. The maximum atomic E-state index is 12.2. The minimum absolute atomic E-state index is 0.275. The molecule has 0 fully saturated rings. The molecule has 0 aliphatic carbocycles. The van der Waals surface area contributed by atoms with Crippen molar-refractivity contribution in [1.82, 2.24) is 10.2 Å². The van der Waals surface area contributed by atoms with Gasteiger partial charge in [-0.2, -0.15) is 13.5 Å². The van der Waals surface area contributed by atoms with E-state index < -0.39 is 15.2 Å². The molecular formula is C4H2ClFN2O2S. The lowest BCUT2D eigenvalue weighted by atomic mass is 10.6. The Kier molecular flexibility index (Phi) is 2.05. The molecule has 7 heteroatoms. The van der Waals surface area contributed by atoms with E-state index in [-0.39, 0.29) is 5.02 Å². The van der Waals surface area contributed by atoms with Crippen LogP contribution in [0, 0.1) is 0 Å². The van der Waals surface area contributed by atoms with E-state index in [4.69, 9.17) is 11.6 Å². The Morgan fingerprint density at radius 3 is 2.55 bits per heavy atom. The van der Waals surface area contributed by atoms with Gasteiger partial charge in [0.2, 0.25) is 5.03 Å². The zero-order chi connectivity index (χ0) is 8.48. The summed E-state index contributed by atoms with van der Waals surface area (Å²) in [6.45, 7) is 0. The highest BCUT2D eigenvalue weighted by atomic mass is 35.5. The summed E-state index contributed by atoms with van der Waals surface area (Å²) in [5.74, 6) is 0. The molecule has 0 spiro atoms. The van der Waals surface area contributed by atoms with Crippen molar-refractivity contribution in [3.05, 3.63) is 17.3 Å². The van der Waals surface area contributed by atoms with Crippen LogP contribution in [0.25, 0.3) is 0 Å². The van der Waals surface area contributed by atoms with Crippen LogP contribution in [-0.2, 0) is 10.2 Å². The molecule has 0 saturated heterocycles. The van der Waals surface area contributed by atoms with Gasteiger partial charge in [-0.1, -0.05) is 15.5 Å². The number of hydrogen-bond acceptors (Lipinski definition) is 4. The fraction of sp³-hybridized carbons (Fsp3) is 0. The van der Waals surface area contributed by atoms with Gasteiger partial charge in [0, 0.05) is 0 Å². The fourth-order valence-corrected chi connectivity index (χ4v) is 1.29. The van der Waals surface area contributed by atoms with Gasteiger partial charge in [0.1, 0.15) is 0 Å². The molecule has 1 heterocycles. The van der Waals surface area contributed by atoms with E-state index in [2.05, 4.69) is 10.2 Å². The third-order valence-corrected chi connectivity index (χ3v) is 2.05. The average molecular weight is 197 g/mol. The standard InChI is InChI=1S/C4H2ClFN2O2S/c5-3-1-2-7-8-4(3)11(6,9)10/h1-2H. The van der Waals surface area contributed by atoms with Gasteiger partial charge in [0.15, 0.2) is 0 Å². The van der Waals surface area contributed by atoms with E-state index in [1.807, 2.05) is 0 Å². The van der Waals surface area contributed by atoms with E-state index in [1.54, 1.807) is 0 Å². The second-order valence-electron chi connectivity index (χ2n) is 1.62. The summed E-state index contributed by atoms with van der Waals surface area (Å²) in [5.41, 5.74) is 0. The SMILES string of the molecule is O=S(=O)(F)c1nnccc1Cl. The topological polar surface area (TPSA) is 59.9 Å². The molecule has 0 radical (unpaired) electrons. The molecule has 4 nitrogen and oxygen atoms in total. The maximum Gasteiger partial charge on any atom is 0.353 e. The van der Waals surface area contributed by atoms with Gasteiger partial charge in [-0.3, -0.25) is 0 Å². The molecule has 0 unspecified atom stereocenters. The van der Waals surface area contributed by atoms with Gasteiger partial charge in [-0.15, -0.1) is 5.10 Å².